The molecule has 1 aliphatic heterocycles. The summed E-state index contributed by atoms with van der Waals surface area (Å²) >= 11 is 0. The molecule has 0 radical (unpaired) electrons. The standard InChI is InChI=1S/C21H22F2N4O/c22-17-13-20(26-8-10-28-11-9-26)18(23)12-19(17)25-14-21-24-6-7-27(21)15-16-4-2-1-3-5-16/h1-7,12-13,25H,8-11,14-15H2. The summed E-state index contributed by atoms with van der Waals surface area (Å²) in [6.07, 6.45) is 3.58. The lowest BCUT2D eigenvalue weighted by molar-refractivity contribution is 0.122. The van der Waals surface area contributed by atoms with Crippen molar-refractivity contribution in [2.75, 3.05) is 36.5 Å². The third kappa shape index (κ3) is 4.14. The molecule has 0 saturated carbocycles. The van der Waals surface area contributed by atoms with Gasteiger partial charge in [-0.25, -0.2) is 13.8 Å². The third-order valence-corrected chi connectivity index (χ3v) is 4.82. The fourth-order valence-electron chi connectivity index (χ4n) is 3.32. The summed E-state index contributed by atoms with van der Waals surface area (Å²) in [6.45, 7) is 3.12. The van der Waals surface area contributed by atoms with E-state index < -0.39 is 11.6 Å². The Balaban J connectivity index is 1.45. The minimum atomic E-state index is -0.482. The molecule has 1 fully saturated rings. The Hall–Kier alpha value is -2.93. The SMILES string of the molecule is Fc1cc(N2CCOCC2)c(F)cc1NCc1nccn1Cc1ccccc1. The molecule has 0 unspecified atom stereocenters. The smallest absolute Gasteiger partial charge is 0.148 e. The number of hydrogen-bond donors (Lipinski definition) is 1. The molecule has 4 rings (SSSR count). The molecule has 1 N–H and O–H groups in total. The number of benzene rings is 2. The molecule has 1 aliphatic rings. The maximum atomic E-state index is 14.5. The molecule has 7 heteroatoms. The van der Waals surface area contributed by atoms with Gasteiger partial charge in [0.1, 0.15) is 17.5 Å². The van der Waals surface area contributed by atoms with Crippen molar-refractivity contribution in [2.24, 2.45) is 0 Å². The third-order valence-electron chi connectivity index (χ3n) is 4.82. The minimum absolute atomic E-state index is 0.128. The van der Waals surface area contributed by atoms with Gasteiger partial charge in [-0.2, -0.15) is 0 Å². The molecule has 0 atom stereocenters. The molecule has 0 spiro atoms. The van der Waals surface area contributed by atoms with Gasteiger partial charge in [0.05, 0.1) is 31.1 Å². The number of aromatic nitrogens is 2. The molecule has 3 aromatic rings. The number of halogens is 2. The summed E-state index contributed by atoms with van der Waals surface area (Å²) < 4.78 is 36.3. The number of nitrogens with zero attached hydrogens (tertiary/aromatic N) is 3. The van der Waals surface area contributed by atoms with E-state index in [1.165, 1.54) is 12.1 Å². The number of nitrogens with one attached hydrogen (secondary N) is 1. The van der Waals surface area contributed by atoms with Crippen LogP contribution in [0.2, 0.25) is 0 Å². The van der Waals surface area contributed by atoms with Gasteiger partial charge in [-0.1, -0.05) is 30.3 Å². The normalized spacial score (nSPS) is 14.3. The minimum Gasteiger partial charge on any atom is -0.378 e. The summed E-state index contributed by atoms with van der Waals surface area (Å²) in [7, 11) is 0. The zero-order valence-electron chi connectivity index (χ0n) is 15.4. The highest BCUT2D eigenvalue weighted by atomic mass is 19.1. The average Bonchev–Trinajstić information content (AvgIpc) is 3.16. The lowest BCUT2D eigenvalue weighted by atomic mass is 10.2. The lowest BCUT2D eigenvalue weighted by Crippen LogP contribution is -2.36. The Labute approximate surface area is 162 Å². The van der Waals surface area contributed by atoms with E-state index in [1.54, 1.807) is 11.1 Å². The quantitative estimate of drug-likeness (QED) is 0.704. The van der Waals surface area contributed by atoms with Crippen LogP contribution in [0.1, 0.15) is 11.4 Å². The van der Waals surface area contributed by atoms with E-state index >= 15 is 0 Å². The molecule has 1 aromatic heterocycles. The van der Waals surface area contributed by atoms with E-state index in [-0.39, 0.29) is 11.4 Å². The number of rotatable bonds is 6. The fraction of sp³-hybridized carbons (Fsp3) is 0.286. The zero-order valence-corrected chi connectivity index (χ0v) is 15.4. The molecule has 0 aliphatic carbocycles. The molecule has 2 aromatic carbocycles. The Morgan fingerprint density at radius 3 is 2.61 bits per heavy atom. The summed E-state index contributed by atoms with van der Waals surface area (Å²) in [4.78, 5) is 6.14. The second-order valence-corrected chi connectivity index (χ2v) is 6.69. The van der Waals surface area contributed by atoms with E-state index in [1.807, 2.05) is 41.1 Å². The zero-order chi connectivity index (χ0) is 19.3. The van der Waals surface area contributed by atoms with E-state index in [0.29, 0.717) is 39.4 Å². The van der Waals surface area contributed by atoms with Crippen LogP contribution in [0.25, 0.3) is 0 Å². The van der Waals surface area contributed by atoms with Crippen molar-refractivity contribution in [1.29, 1.82) is 0 Å². The van der Waals surface area contributed by atoms with Gasteiger partial charge in [0, 0.05) is 44.2 Å². The topological polar surface area (TPSA) is 42.3 Å². The lowest BCUT2D eigenvalue weighted by Gasteiger charge is -2.29. The van der Waals surface area contributed by atoms with Crippen LogP contribution < -0.4 is 10.2 Å². The first-order chi connectivity index (χ1) is 13.7. The van der Waals surface area contributed by atoms with Crippen molar-refractivity contribution in [3.63, 3.8) is 0 Å². The average molecular weight is 384 g/mol. The Morgan fingerprint density at radius 1 is 1.04 bits per heavy atom. The highest BCUT2D eigenvalue weighted by Crippen LogP contribution is 2.27. The molecular formula is C21H22F2N4O. The first-order valence-corrected chi connectivity index (χ1v) is 9.30. The van der Waals surface area contributed by atoms with E-state index in [0.717, 1.165) is 11.4 Å². The first kappa shape index (κ1) is 18.4. The van der Waals surface area contributed by atoms with Gasteiger partial charge in [-0.3, -0.25) is 0 Å². The number of morpholine rings is 1. The van der Waals surface area contributed by atoms with Crippen molar-refractivity contribution in [2.45, 2.75) is 13.1 Å². The van der Waals surface area contributed by atoms with Crippen LogP contribution in [0, 0.1) is 11.6 Å². The molecule has 2 heterocycles. The van der Waals surface area contributed by atoms with Crippen molar-refractivity contribution >= 4 is 11.4 Å². The summed E-state index contributed by atoms with van der Waals surface area (Å²) in [5.41, 5.74) is 1.55. The van der Waals surface area contributed by atoms with Crippen molar-refractivity contribution in [1.82, 2.24) is 9.55 Å². The summed E-state index contributed by atoms with van der Waals surface area (Å²) in [5.74, 6) is -0.177. The number of ether oxygens (including phenoxy) is 1. The van der Waals surface area contributed by atoms with Crippen LogP contribution in [0.4, 0.5) is 20.2 Å². The molecule has 0 amide bonds. The van der Waals surface area contributed by atoms with E-state index in [2.05, 4.69) is 10.3 Å². The molecule has 5 nitrogen and oxygen atoms in total. The first-order valence-electron chi connectivity index (χ1n) is 9.30. The van der Waals surface area contributed by atoms with Crippen molar-refractivity contribution < 1.29 is 13.5 Å². The molecule has 1 saturated heterocycles. The van der Waals surface area contributed by atoms with Gasteiger partial charge in [-0.15, -0.1) is 0 Å². The van der Waals surface area contributed by atoms with Gasteiger partial charge >= 0.3 is 0 Å². The maximum Gasteiger partial charge on any atom is 0.148 e. The van der Waals surface area contributed by atoms with Gasteiger partial charge in [0.25, 0.3) is 0 Å². The molecular weight excluding hydrogens is 362 g/mol. The highest BCUT2D eigenvalue weighted by Gasteiger charge is 2.18. The second-order valence-electron chi connectivity index (χ2n) is 6.69. The second kappa shape index (κ2) is 8.39. The van der Waals surface area contributed by atoms with Crippen molar-refractivity contribution in [3.8, 4) is 0 Å². The van der Waals surface area contributed by atoms with Gasteiger partial charge in [0.15, 0.2) is 0 Å². The number of anilines is 2. The van der Waals surface area contributed by atoms with Crippen molar-refractivity contribution in [3.05, 3.63) is 77.9 Å². The summed E-state index contributed by atoms with van der Waals surface area (Å²) in [5, 5.41) is 2.97. The Bertz CT molecular complexity index is 923. The van der Waals surface area contributed by atoms with Gasteiger partial charge in [-0.05, 0) is 5.56 Å². The van der Waals surface area contributed by atoms with Crippen LogP contribution >= 0.6 is 0 Å². The van der Waals surface area contributed by atoms with Crippen LogP contribution in [-0.4, -0.2) is 35.9 Å². The van der Waals surface area contributed by atoms with Gasteiger partial charge < -0.3 is 19.5 Å². The Kier molecular flexibility index (Phi) is 5.53. The van der Waals surface area contributed by atoms with Crippen LogP contribution in [-0.2, 0) is 17.8 Å². The molecule has 146 valence electrons. The summed E-state index contributed by atoms with van der Waals surface area (Å²) in [6, 6.07) is 12.5. The monoisotopic (exact) mass is 384 g/mol. The van der Waals surface area contributed by atoms with Crippen LogP contribution in [0.5, 0.6) is 0 Å². The largest absolute Gasteiger partial charge is 0.378 e. The predicted octanol–water partition coefficient (Wildman–Crippen LogP) is 3.66. The Morgan fingerprint density at radius 2 is 1.82 bits per heavy atom. The number of imidazole rings is 1. The fourth-order valence-corrected chi connectivity index (χ4v) is 3.32. The molecule has 28 heavy (non-hydrogen) atoms. The number of hydrogen-bond acceptors (Lipinski definition) is 4. The molecule has 0 bridgehead atoms. The predicted molar refractivity (Wildman–Crippen MR) is 104 cm³/mol. The van der Waals surface area contributed by atoms with Crippen LogP contribution in [0.3, 0.4) is 0 Å². The maximum absolute atomic E-state index is 14.5. The van der Waals surface area contributed by atoms with Gasteiger partial charge in [0.2, 0.25) is 0 Å². The van der Waals surface area contributed by atoms with Crippen LogP contribution in [0.15, 0.2) is 54.9 Å². The van der Waals surface area contributed by atoms with E-state index in [4.69, 9.17) is 4.74 Å². The van der Waals surface area contributed by atoms with E-state index in [9.17, 15) is 8.78 Å². The highest BCUT2D eigenvalue weighted by molar-refractivity contribution is 5.57.